The average molecular weight is 292 g/mol. The Balaban J connectivity index is 2.05. The molecule has 0 amide bonds. The predicted octanol–water partition coefficient (Wildman–Crippen LogP) is 4.77. The Labute approximate surface area is 128 Å². The second-order valence-corrected chi connectivity index (χ2v) is 9.04. The molecule has 0 N–H and O–H groups in total. The topological polar surface area (TPSA) is 16.1 Å². The molecule has 3 heteroatoms. The van der Waals surface area contributed by atoms with Gasteiger partial charge in [-0.3, -0.25) is 4.90 Å². The third-order valence-corrected chi connectivity index (χ3v) is 4.58. The molecule has 0 bridgehead atoms. The van der Waals surface area contributed by atoms with Crippen LogP contribution in [0.5, 0.6) is 0 Å². The fraction of sp³-hybridized carbons (Fsp3) is 0.706. The lowest BCUT2D eigenvalue weighted by Crippen LogP contribution is -2.27. The molecule has 1 aliphatic rings. The molecule has 0 saturated carbocycles. The Bertz CT molecular complexity index is 420. The van der Waals surface area contributed by atoms with Crippen molar-refractivity contribution in [2.24, 2.45) is 5.92 Å². The molecule has 1 aromatic rings. The van der Waals surface area contributed by atoms with E-state index in [2.05, 4.69) is 62.8 Å². The summed E-state index contributed by atoms with van der Waals surface area (Å²) in [6, 6.07) is 5.06. The standard InChI is InChI=1S/C17H28N2S/c1-13(2)12-19-10-6-7-15(19)14-8-9-16(18-11-14)20-17(3,4)5/h8-9,11,13,15H,6-7,10,12H2,1-5H3/t15-/m1/s1. The van der Waals surface area contributed by atoms with Crippen LogP contribution in [0, 0.1) is 5.92 Å². The highest BCUT2D eigenvalue weighted by atomic mass is 32.2. The van der Waals surface area contributed by atoms with Crippen molar-refractivity contribution < 1.29 is 0 Å². The molecule has 0 aromatic carbocycles. The minimum Gasteiger partial charge on any atom is -0.296 e. The van der Waals surface area contributed by atoms with Gasteiger partial charge < -0.3 is 0 Å². The van der Waals surface area contributed by atoms with Crippen LogP contribution < -0.4 is 0 Å². The van der Waals surface area contributed by atoms with Crippen LogP contribution in [0.4, 0.5) is 0 Å². The molecule has 1 aromatic heterocycles. The van der Waals surface area contributed by atoms with Gasteiger partial charge in [0.1, 0.15) is 0 Å². The quantitative estimate of drug-likeness (QED) is 0.744. The summed E-state index contributed by atoms with van der Waals surface area (Å²) in [6.45, 7) is 13.7. The lowest BCUT2D eigenvalue weighted by atomic mass is 10.1. The number of likely N-dealkylation sites (tertiary alicyclic amines) is 1. The molecule has 1 fully saturated rings. The van der Waals surface area contributed by atoms with Gasteiger partial charge in [-0.2, -0.15) is 0 Å². The van der Waals surface area contributed by atoms with Gasteiger partial charge in [0.15, 0.2) is 0 Å². The van der Waals surface area contributed by atoms with Crippen molar-refractivity contribution in [1.29, 1.82) is 0 Å². The molecular weight excluding hydrogens is 264 g/mol. The molecule has 112 valence electrons. The van der Waals surface area contributed by atoms with Crippen molar-refractivity contribution in [3.8, 4) is 0 Å². The Morgan fingerprint density at radius 3 is 2.65 bits per heavy atom. The zero-order valence-corrected chi connectivity index (χ0v) is 14.3. The second kappa shape index (κ2) is 6.48. The summed E-state index contributed by atoms with van der Waals surface area (Å²) >= 11 is 1.84. The summed E-state index contributed by atoms with van der Waals surface area (Å²) in [6.07, 6.45) is 4.69. The van der Waals surface area contributed by atoms with E-state index in [1.807, 2.05) is 11.8 Å². The number of nitrogens with zero attached hydrogens (tertiary/aromatic N) is 2. The highest BCUT2D eigenvalue weighted by Gasteiger charge is 2.26. The summed E-state index contributed by atoms with van der Waals surface area (Å²) in [5.41, 5.74) is 1.39. The molecule has 2 rings (SSSR count). The number of aromatic nitrogens is 1. The van der Waals surface area contributed by atoms with Crippen LogP contribution in [0.25, 0.3) is 0 Å². The van der Waals surface area contributed by atoms with Crippen LogP contribution in [-0.2, 0) is 0 Å². The summed E-state index contributed by atoms with van der Waals surface area (Å²) in [5, 5.41) is 1.13. The lowest BCUT2D eigenvalue weighted by Gasteiger charge is -2.26. The van der Waals surface area contributed by atoms with Crippen LogP contribution >= 0.6 is 11.8 Å². The lowest BCUT2D eigenvalue weighted by molar-refractivity contribution is 0.228. The fourth-order valence-electron chi connectivity index (χ4n) is 2.85. The average Bonchev–Trinajstić information content (AvgIpc) is 2.75. The van der Waals surface area contributed by atoms with Crippen LogP contribution in [0.15, 0.2) is 23.4 Å². The van der Waals surface area contributed by atoms with E-state index in [-0.39, 0.29) is 4.75 Å². The molecule has 0 spiro atoms. The highest BCUT2D eigenvalue weighted by molar-refractivity contribution is 8.00. The van der Waals surface area contributed by atoms with E-state index in [0.29, 0.717) is 6.04 Å². The van der Waals surface area contributed by atoms with Crippen molar-refractivity contribution in [2.45, 2.75) is 63.3 Å². The normalized spacial score (nSPS) is 20.8. The van der Waals surface area contributed by atoms with Gasteiger partial charge in [0.05, 0.1) is 5.03 Å². The Morgan fingerprint density at radius 1 is 1.35 bits per heavy atom. The maximum atomic E-state index is 4.66. The summed E-state index contributed by atoms with van der Waals surface area (Å²) in [4.78, 5) is 7.28. The molecule has 1 aliphatic heterocycles. The first-order valence-corrected chi connectivity index (χ1v) is 8.56. The summed E-state index contributed by atoms with van der Waals surface area (Å²) in [5.74, 6) is 0.735. The van der Waals surface area contributed by atoms with Crippen molar-refractivity contribution >= 4 is 11.8 Å². The minimum absolute atomic E-state index is 0.228. The van der Waals surface area contributed by atoms with E-state index in [4.69, 9.17) is 0 Å². The summed E-state index contributed by atoms with van der Waals surface area (Å²) < 4.78 is 0.228. The first-order chi connectivity index (χ1) is 9.35. The predicted molar refractivity (Wildman–Crippen MR) is 88.2 cm³/mol. The molecule has 2 nitrogen and oxygen atoms in total. The van der Waals surface area contributed by atoms with E-state index in [0.717, 1.165) is 10.9 Å². The maximum absolute atomic E-state index is 4.66. The Morgan fingerprint density at radius 2 is 2.10 bits per heavy atom. The van der Waals surface area contributed by atoms with Crippen molar-refractivity contribution in [2.75, 3.05) is 13.1 Å². The van der Waals surface area contributed by atoms with Gasteiger partial charge in [0, 0.05) is 23.5 Å². The van der Waals surface area contributed by atoms with E-state index in [1.54, 1.807) is 0 Å². The van der Waals surface area contributed by atoms with Crippen LogP contribution in [0.2, 0.25) is 0 Å². The SMILES string of the molecule is CC(C)CN1CCC[C@@H]1c1ccc(SC(C)(C)C)nc1. The maximum Gasteiger partial charge on any atom is 0.0965 e. The third kappa shape index (κ3) is 4.49. The molecule has 20 heavy (non-hydrogen) atoms. The van der Waals surface area contributed by atoms with Crippen molar-refractivity contribution in [3.63, 3.8) is 0 Å². The van der Waals surface area contributed by atoms with Crippen LogP contribution in [0.3, 0.4) is 0 Å². The van der Waals surface area contributed by atoms with Crippen LogP contribution in [0.1, 0.15) is 59.1 Å². The molecule has 0 aliphatic carbocycles. The number of hydrogen-bond donors (Lipinski definition) is 0. The minimum atomic E-state index is 0.228. The van der Waals surface area contributed by atoms with Gasteiger partial charge >= 0.3 is 0 Å². The Hall–Kier alpha value is -0.540. The first kappa shape index (κ1) is 15.8. The van der Waals surface area contributed by atoms with E-state index in [9.17, 15) is 0 Å². The number of hydrogen-bond acceptors (Lipinski definition) is 3. The number of pyridine rings is 1. The number of rotatable bonds is 4. The molecule has 2 heterocycles. The second-order valence-electron chi connectivity index (χ2n) is 7.19. The van der Waals surface area contributed by atoms with Gasteiger partial charge in [-0.05, 0) is 36.9 Å². The van der Waals surface area contributed by atoms with Crippen molar-refractivity contribution in [3.05, 3.63) is 23.9 Å². The smallest absolute Gasteiger partial charge is 0.0965 e. The largest absolute Gasteiger partial charge is 0.296 e. The van der Waals surface area contributed by atoms with Crippen LogP contribution in [-0.4, -0.2) is 27.7 Å². The third-order valence-electron chi connectivity index (χ3n) is 3.52. The summed E-state index contributed by atoms with van der Waals surface area (Å²) in [7, 11) is 0. The molecule has 1 atom stereocenters. The fourth-order valence-corrected chi connectivity index (χ4v) is 3.72. The first-order valence-electron chi connectivity index (χ1n) is 7.74. The van der Waals surface area contributed by atoms with Gasteiger partial charge in [-0.15, -0.1) is 11.8 Å². The van der Waals surface area contributed by atoms with Crippen molar-refractivity contribution in [1.82, 2.24) is 9.88 Å². The van der Waals surface area contributed by atoms with Gasteiger partial charge in [0.25, 0.3) is 0 Å². The Kier molecular flexibility index (Phi) is 5.14. The van der Waals surface area contributed by atoms with E-state index < -0.39 is 0 Å². The molecule has 0 radical (unpaired) electrons. The zero-order chi connectivity index (χ0) is 14.8. The number of thioether (sulfide) groups is 1. The van der Waals surface area contributed by atoms with E-state index in [1.165, 1.54) is 31.5 Å². The molecule has 1 saturated heterocycles. The molecular formula is C17H28N2S. The van der Waals surface area contributed by atoms with E-state index >= 15 is 0 Å². The zero-order valence-electron chi connectivity index (χ0n) is 13.5. The molecule has 0 unspecified atom stereocenters. The monoisotopic (exact) mass is 292 g/mol. The van der Waals surface area contributed by atoms with Gasteiger partial charge in [-0.1, -0.05) is 40.7 Å². The van der Waals surface area contributed by atoms with Gasteiger partial charge in [0.2, 0.25) is 0 Å². The highest BCUT2D eigenvalue weighted by Crippen LogP contribution is 2.34. The van der Waals surface area contributed by atoms with Gasteiger partial charge in [-0.25, -0.2) is 4.98 Å².